The van der Waals surface area contributed by atoms with Crippen LogP contribution in [0.15, 0.2) is 24.3 Å². The number of amides is 1. The molecule has 1 aliphatic rings. The number of carbonyl (C=O) groups excluding carboxylic acids is 1. The first-order valence-electron chi connectivity index (χ1n) is 7.31. The Morgan fingerprint density at radius 3 is 2.79 bits per heavy atom. The summed E-state index contributed by atoms with van der Waals surface area (Å²) in [6, 6.07) is 4.51. The Hall–Kier alpha value is -1.51. The van der Waals surface area contributed by atoms with Crippen molar-refractivity contribution in [1.82, 2.24) is 10.6 Å². The molecule has 1 saturated heterocycles. The Labute approximate surface area is 144 Å². The summed E-state index contributed by atoms with van der Waals surface area (Å²) in [7, 11) is 0. The van der Waals surface area contributed by atoms with E-state index in [9.17, 15) is 18.0 Å². The number of alkyl halides is 3. The minimum absolute atomic E-state index is 0. The highest BCUT2D eigenvalue weighted by molar-refractivity contribution is 5.85. The summed E-state index contributed by atoms with van der Waals surface area (Å²) >= 11 is 0. The molecule has 5 nitrogen and oxygen atoms in total. The van der Waals surface area contributed by atoms with Gasteiger partial charge in [-0.05, 0) is 19.1 Å². The first kappa shape index (κ1) is 20.5. The average molecular weight is 369 g/mol. The first-order valence-corrected chi connectivity index (χ1v) is 7.31. The quantitative estimate of drug-likeness (QED) is 0.780. The lowest BCUT2D eigenvalue weighted by Gasteiger charge is -2.29. The number of ether oxygens (including phenoxy) is 2. The molecular formula is C15H20ClF3N2O3. The van der Waals surface area contributed by atoms with Crippen LogP contribution in [0.5, 0.6) is 5.75 Å². The van der Waals surface area contributed by atoms with E-state index < -0.39 is 17.8 Å². The Morgan fingerprint density at radius 2 is 2.12 bits per heavy atom. The van der Waals surface area contributed by atoms with Gasteiger partial charge in [-0.2, -0.15) is 13.2 Å². The monoisotopic (exact) mass is 368 g/mol. The van der Waals surface area contributed by atoms with Crippen molar-refractivity contribution in [3.63, 3.8) is 0 Å². The second-order valence-corrected chi connectivity index (χ2v) is 5.14. The van der Waals surface area contributed by atoms with E-state index in [1.807, 2.05) is 0 Å². The second kappa shape index (κ2) is 9.10. The predicted octanol–water partition coefficient (Wildman–Crippen LogP) is 2.00. The normalized spacial score (nSPS) is 20.8. The molecule has 0 bridgehead atoms. The zero-order valence-electron chi connectivity index (χ0n) is 13.1. The number of carbonyl (C=O) groups is 1. The van der Waals surface area contributed by atoms with E-state index in [4.69, 9.17) is 9.47 Å². The lowest BCUT2D eigenvalue weighted by Crippen LogP contribution is -2.55. The predicted molar refractivity (Wildman–Crippen MR) is 84.4 cm³/mol. The number of para-hydroxylation sites is 1. The second-order valence-electron chi connectivity index (χ2n) is 5.14. The van der Waals surface area contributed by atoms with Crippen LogP contribution in [0, 0.1) is 0 Å². The third kappa shape index (κ3) is 5.54. The number of morpholine rings is 1. The molecule has 0 spiro atoms. The highest BCUT2D eigenvalue weighted by atomic mass is 35.5. The molecule has 136 valence electrons. The van der Waals surface area contributed by atoms with Crippen LogP contribution in [-0.2, 0) is 15.7 Å². The maximum atomic E-state index is 12.8. The van der Waals surface area contributed by atoms with E-state index in [1.165, 1.54) is 18.2 Å². The summed E-state index contributed by atoms with van der Waals surface area (Å²) in [5.41, 5.74) is -0.831. The van der Waals surface area contributed by atoms with Crippen LogP contribution in [0.1, 0.15) is 12.5 Å². The summed E-state index contributed by atoms with van der Waals surface area (Å²) in [6.45, 7) is 2.96. The molecule has 9 heteroatoms. The van der Waals surface area contributed by atoms with Crippen molar-refractivity contribution in [2.75, 3.05) is 26.3 Å². The van der Waals surface area contributed by atoms with E-state index in [0.717, 1.165) is 6.07 Å². The van der Waals surface area contributed by atoms with Crippen LogP contribution in [-0.4, -0.2) is 44.4 Å². The van der Waals surface area contributed by atoms with E-state index in [-0.39, 0.29) is 43.3 Å². The topological polar surface area (TPSA) is 59.6 Å². The molecule has 0 aliphatic carbocycles. The Kier molecular flexibility index (Phi) is 7.78. The molecule has 1 amide bonds. The zero-order valence-corrected chi connectivity index (χ0v) is 13.9. The highest BCUT2D eigenvalue weighted by Gasteiger charge is 2.34. The van der Waals surface area contributed by atoms with Gasteiger partial charge >= 0.3 is 6.18 Å². The summed E-state index contributed by atoms with van der Waals surface area (Å²) in [4.78, 5) is 12.0. The van der Waals surface area contributed by atoms with Crippen molar-refractivity contribution in [2.24, 2.45) is 0 Å². The van der Waals surface area contributed by atoms with Crippen LogP contribution >= 0.6 is 12.4 Å². The van der Waals surface area contributed by atoms with Gasteiger partial charge in [0.25, 0.3) is 0 Å². The number of hydrogen-bond acceptors (Lipinski definition) is 4. The van der Waals surface area contributed by atoms with Gasteiger partial charge in [0.1, 0.15) is 18.4 Å². The Bertz CT molecular complexity index is 543. The molecule has 1 heterocycles. The molecule has 1 fully saturated rings. The number of rotatable bonds is 5. The lowest BCUT2D eigenvalue weighted by molar-refractivity contribution is -0.139. The van der Waals surface area contributed by atoms with Gasteiger partial charge in [-0.15, -0.1) is 12.4 Å². The standard InChI is InChI=1S/C15H19F3N2O3.ClH/c1-10-13(19-6-8-22-10)14(21)20-7-9-23-12-5-3-2-4-11(12)15(16,17)18;/h2-5,10,13,19H,6-9H2,1H3,(H,20,21);1H/t10-,13+;/m1./s1. The van der Waals surface area contributed by atoms with Crippen molar-refractivity contribution in [2.45, 2.75) is 25.2 Å². The fourth-order valence-electron chi connectivity index (χ4n) is 2.30. The van der Waals surface area contributed by atoms with Gasteiger partial charge < -0.3 is 20.1 Å². The van der Waals surface area contributed by atoms with Crippen LogP contribution in [0.4, 0.5) is 13.2 Å². The zero-order chi connectivity index (χ0) is 16.9. The van der Waals surface area contributed by atoms with Gasteiger partial charge in [0.15, 0.2) is 0 Å². The van der Waals surface area contributed by atoms with Crippen LogP contribution in [0.2, 0.25) is 0 Å². The van der Waals surface area contributed by atoms with E-state index >= 15 is 0 Å². The number of benzene rings is 1. The molecule has 1 aromatic rings. The lowest BCUT2D eigenvalue weighted by atomic mass is 10.1. The molecule has 24 heavy (non-hydrogen) atoms. The first-order chi connectivity index (χ1) is 10.9. The SMILES string of the molecule is C[C@H]1OCCN[C@@H]1C(=O)NCCOc1ccccc1C(F)(F)F.Cl. The van der Waals surface area contributed by atoms with Gasteiger partial charge in [-0.1, -0.05) is 12.1 Å². The maximum absolute atomic E-state index is 12.8. The molecule has 0 aromatic heterocycles. The van der Waals surface area contributed by atoms with Crippen LogP contribution in [0.25, 0.3) is 0 Å². The van der Waals surface area contributed by atoms with E-state index in [2.05, 4.69) is 10.6 Å². The Morgan fingerprint density at radius 1 is 1.42 bits per heavy atom. The van der Waals surface area contributed by atoms with E-state index in [1.54, 1.807) is 6.92 Å². The Balaban J connectivity index is 0.00000288. The van der Waals surface area contributed by atoms with Gasteiger partial charge in [0.2, 0.25) is 5.91 Å². The largest absolute Gasteiger partial charge is 0.491 e. The smallest absolute Gasteiger partial charge is 0.419 e. The third-order valence-corrected chi connectivity index (χ3v) is 3.45. The van der Waals surface area contributed by atoms with Gasteiger partial charge in [-0.3, -0.25) is 4.79 Å². The minimum atomic E-state index is -4.47. The van der Waals surface area contributed by atoms with Crippen LogP contribution in [0.3, 0.4) is 0 Å². The molecule has 2 N–H and O–H groups in total. The average Bonchev–Trinajstić information content (AvgIpc) is 2.51. The van der Waals surface area contributed by atoms with Crippen LogP contribution < -0.4 is 15.4 Å². The van der Waals surface area contributed by atoms with Crippen molar-refractivity contribution in [1.29, 1.82) is 0 Å². The number of halogens is 4. The fraction of sp³-hybridized carbons (Fsp3) is 0.533. The minimum Gasteiger partial charge on any atom is -0.491 e. The van der Waals surface area contributed by atoms with Gasteiger partial charge in [-0.25, -0.2) is 0 Å². The highest BCUT2D eigenvalue weighted by Crippen LogP contribution is 2.35. The molecule has 0 radical (unpaired) electrons. The van der Waals surface area contributed by atoms with E-state index in [0.29, 0.717) is 13.2 Å². The molecule has 2 atom stereocenters. The number of nitrogens with one attached hydrogen (secondary N) is 2. The van der Waals surface area contributed by atoms with Gasteiger partial charge in [0.05, 0.1) is 24.8 Å². The molecule has 1 aliphatic heterocycles. The molecule has 2 rings (SSSR count). The van der Waals surface area contributed by atoms with Gasteiger partial charge in [0, 0.05) is 6.54 Å². The van der Waals surface area contributed by atoms with Crippen molar-refractivity contribution in [3.8, 4) is 5.75 Å². The summed E-state index contributed by atoms with van der Waals surface area (Å²) in [6.07, 6.45) is -4.73. The third-order valence-electron chi connectivity index (χ3n) is 3.45. The maximum Gasteiger partial charge on any atom is 0.419 e. The molecular weight excluding hydrogens is 349 g/mol. The molecule has 1 aromatic carbocycles. The summed E-state index contributed by atoms with van der Waals surface area (Å²) < 4.78 is 48.9. The van der Waals surface area contributed by atoms with Crippen molar-refractivity contribution in [3.05, 3.63) is 29.8 Å². The van der Waals surface area contributed by atoms with Crippen molar-refractivity contribution < 1.29 is 27.4 Å². The molecule has 0 unspecified atom stereocenters. The molecule has 0 saturated carbocycles. The van der Waals surface area contributed by atoms with Crippen molar-refractivity contribution >= 4 is 18.3 Å². The fourth-order valence-corrected chi connectivity index (χ4v) is 2.30. The number of hydrogen-bond donors (Lipinski definition) is 2. The summed E-state index contributed by atoms with van der Waals surface area (Å²) in [5.74, 6) is -0.508. The summed E-state index contributed by atoms with van der Waals surface area (Å²) in [5, 5.41) is 5.65.